The van der Waals surface area contributed by atoms with Gasteiger partial charge < -0.3 is 18.9 Å². The van der Waals surface area contributed by atoms with E-state index in [0.717, 1.165) is 65.3 Å². The molecule has 6 unspecified atom stereocenters. The summed E-state index contributed by atoms with van der Waals surface area (Å²) in [7, 11) is 0. The van der Waals surface area contributed by atoms with Gasteiger partial charge in [0.15, 0.2) is 0 Å². The minimum absolute atomic E-state index is 0.00294. The Balaban J connectivity index is 0.936. The van der Waals surface area contributed by atoms with E-state index in [4.69, 9.17) is 28.9 Å². The lowest BCUT2D eigenvalue weighted by Gasteiger charge is -2.41. The first kappa shape index (κ1) is 46.2. The van der Waals surface area contributed by atoms with Crippen molar-refractivity contribution in [3.8, 4) is 0 Å². The molecule has 6 atom stereocenters. The molecule has 2 aromatic carbocycles. The Morgan fingerprint density at radius 3 is 1.82 bits per heavy atom. The Morgan fingerprint density at radius 1 is 0.662 bits per heavy atom. The Bertz CT molecular complexity index is 2320. The number of ether oxygens (including phenoxy) is 4. The first-order valence-corrected chi connectivity index (χ1v) is 24.6. The van der Waals surface area contributed by atoms with Gasteiger partial charge >= 0.3 is 17.9 Å². The summed E-state index contributed by atoms with van der Waals surface area (Å²) in [6, 6.07) is 27.8. The molecule has 336 valence electrons. The molecule has 12 heteroatoms. The number of hydrogen-bond donors (Lipinski definition) is 0. The quantitative estimate of drug-likeness (QED) is 0.0151. The van der Waals surface area contributed by atoms with Crippen molar-refractivity contribution in [3.63, 3.8) is 0 Å². The van der Waals surface area contributed by atoms with Crippen LogP contribution in [0, 0.1) is 17.3 Å². The van der Waals surface area contributed by atoms with Gasteiger partial charge in [0.05, 0.1) is 27.3 Å². The molecule has 0 amide bonds. The van der Waals surface area contributed by atoms with Crippen LogP contribution in [0.3, 0.4) is 0 Å². The maximum absolute atomic E-state index is 12.8. The van der Waals surface area contributed by atoms with E-state index in [2.05, 4.69) is 80.1 Å². The molecule has 3 heterocycles. The van der Waals surface area contributed by atoms with Crippen LogP contribution in [0.25, 0.3) is 0 Å². The number of thioether (sulfide) groups is 3. The molecule has 3 aliphatic carbocycles. The standard InChI is InChI=1S/C53H54N2O7S3/c1-36(2)38(5)59-26-27-61-48(57)41-16-12-39(13-17-41)32-63-52(45-10-6-8-24-54-45)35-50(22-20-43(52)30-50)34-51-23-21-44(31-51)53(65-51,46-11-7-9-25-55-46)64-33-40-14-18-42(19-15-40)49(58)62-29-28-60-47(56)37(3)4/h6-25,43-44H,1,3,5,26-35H2,2,4H3. The van der Waals surface area contributed by atoms with Crippen LogP contribution in [-0.4, -0.2) is 59.1 Å². The maximum Gasteiger partial charge on any atom is 0.338 e. The van der Waals surface area contributed by atoms with Crippen LogP contribution in [0.5, 0.6) is 0 Å². The first-order valence-electron chi connectivity index (χ1n) is 21.9. The Hall–Kier alpha value is -5.30. The zero-order chi connectivity index (χ0) is 45.7. The fourth-order valence-electron chi connectivity index (χ4n) is 9.48. The Labute approximate surface area is 394 Å². The second-order valence-electron chi connectivity index (χ2n) is 17.4. The lowest BCUT2D eigenvalue weighted by molar-refractivity contribution is -0.140. The SMILES string of the molecule is C=C(C)C(=C)OCCOC(=O)c1ccc(CSC2(c3ccccn3)CC3(CC45C=CC(C4)C(SCc4ccc(C(=O)OCCOC(=O)C(=C)C)cc4)(c4ccccn4)S5)C=CC2C3)cc1. The van der Waals surface area contributed by atoms with Crippen LogP contribution in [0.15, 0.2) is 158 Å². The predicted octanol–water partition coefficient (Wildman–Crippen LogP) is 11.3. The molecule has 2 aromatic heterocycles. The summed E-state index contributed by atoms with van der Waals surface area (Å²) in [5.74, 6) is 1.28. The normalized spacial score (nSPS) is 25.6. The highest BCUT2D eigenvalue weighted by atomic mass is 32.2. The summed E-state index contributed by atoms with van der Waals surface area (Å²) < 4.78 is 20.7. The summed E-state index contributed by atoms with van der Waals surface area (Å²) in [5.41, 5.74) is 6.43. The lowest BCUT2D eigenvalue weighted by atomic mass is 9.75. The molecule has 1 aliphatic heterocycles. The van der Waals surface area contributed by atoms with Crippen molar-refractivity contribution >= 4 is 53.2 Å². The van der Waals surface area contributed by atoms with E-state index in [1.807, 2.05) is 91.4 Å². The summed E-state index contributed by atoms with van der Waals surface area (Å²) in [5, 5.41) is 0. The van der Waals surface area contributed by atoms with Gasteiger partial charge in [0.1, 0.15) is 36.3 Å². The van der Waals surface area contributed by atoms with Gasteiger partial charge in [0.25, 0.3) is 0 Å². The average molecular weight is 927 g/mol. The first-order chi connectivity index (χ1) is 31.3. The van der Waals surface area contributed by atoms with Crippen LogP contribution in [0.4, 0.5) is 0 Å². The maximum atomic E-state index is 12.8. The van der Waals surface area contributed by atoms with Crippen molar-refractivity contribution in [1.29, 1.82) is 0 Å². The van der Waals surface area contributed by atoms with Crippen LogP contribution in [0.1, 0.15) is 82.8 Å². The third kappa shape index (κ3) is 10.1. The highest BCUT2D eigenvalue weighted by Gasteiger charge is 2.64. The zero-order valence-corrected chi connectivity index (χ0v) is 39.3. The average Bonchev–Trinajstić information content (AvgIpc) is 4.09. The van der Waals surface area contributed by atoms with Gasteiger partial charge in [-0.3, -0.25) is 9.97 Å². The molecule has 1 saturated heterocycles. The summed E-state index contributed by atoms with van der Waals surface area (Å²) in [6.45, 7) is 14.9. The highest BCUT2D eigenvalue weighted by molar-refractivity contribution is 8.18. The predicted molar refractivity (Wildman–Crippen MR) is 260 cm³/mol. The number of allylic oxidation sites excluding steroid dienone is 4. The number of benzene rings is 2. The molecule has 1 saturated carbocycles. The van der Waals surface area contributed by atoms with E-state index in [9.17, 15) is 14.4 Å². The number of fused-ring (bicyclic) bond motifs is 4. The molecule has 0 spiro atoms. The van der Waals surface area contributed by atoms with E-state index < -0.39 is 11.9 Å². The number of nitrogens with zero attached hydrogens (tertiary/aromatic N) is 2. The molecule has 65 heavy (non-hydrogen) atoms. The van der Waals surface area contributed by atoms with Crippen LogP contribution >= 0.6 is 35.3 Å². The molecule has 9 nitrogen and oxygen atoms in total. The van der Waals surface area contributed by atoms with Crippen LogP contribution in [-0.2, 0) is 44.1 Å². The van der Waals surface area contributed by atoms with Gasteiger partial charge in [-0.15, -0.1) is 35.3 Å². The van der Waals surface area contributed by atoms with Gasteiger partial charge in [0, 0.05) is 40.1 Å². The number of carbonyl (C=O) groups is 3. The van der Waals surface area contributed by atoms with Gasteiger partial charge in [-0.05, 0) is 116 Å². The van der Waals surface area contributed by atoms with E-state index in [1.54, 1.807) is 19.1 Å². The third-order valence-corrected chi connectivity index (χ3v) is 18.0. The second kappa shape index (κ2) is 19.7. The smallest absolute Gasteiger partial charge is 0.338 e. The van der Waals surface area contributed by atoms with Crippen molar-refractivity contribution < 1.29 is 33.3 Å². The fraction of sp³-hybridized carbons (Fsp3) is 0.340. The van der Waals surface area contributed by atoms with Crippen molar-refractivity contribution in [2.75, 3.05) is 26.4 Å². The molecule has 8 rings (SSSR count). The van der Waals surface area contributed by atoms with E-state index >= 15 is 0 Å². The largest absolute Gasteiger partial charge is 0.490 e. The molecule has 2 fully saturated rings. The molecule has 4 aliphatic rings. The number of aromatic nitrogens is 2. The highest BCUT2D eigenvalue weighted by Crippen LogP contribution is 2.74. The fourth-order valence-corrected chi connectivity index (χ4v) is 15.2. The zero-order valence-electron chi connectivity index (χ0n) is 36.9. The number of carbonyl (C=O) groups excluding carboxylic acids is 3. The lowest BCUT2D eigenvalue weighted by Crippen LogP contribution is -2.34. The molecular weight excluding hydrogens is 873 g/mol. The van der Waals surface area contributed by atoms with Gasteiger partial charge in [0.2, 0.25) is 0 Å². The summed E-state index contributed by atoms with van der Waals surface area (Å²) >= 11 is 5.98. The van der Waals surface area contributed by atoms with Gasteiger partial charge in [-0.1, -0.05) is 80.4 Å². The van der Waals surface area contributed by atoms with Gasteiger partial charge in [-0.2, -0.15) is 0 Å². The van der Waals surface area contributed by atoms with Crippen molar-refractivity contribution in [3.05, 3.63) is 192 Å². The van der Waals surface area contributed by atoms with Crippen molar-refractivity contribution in [2.45, 2.75) is 64.6 Å². The Morgan fingerprint density at radius 2 is 1.23 bits per heavy atom. The molecule has 0 radical (unpaired) electrons. The number of rotatable bonds is 21. The minimum Gasteiger partial charge on any atom is -0.490 e. The van der Waals surface area contributed by atoms with E-state index in [1.165, 1.54) is 0 Å². The minimum atomic E-state index is -0.509. The number of hydrogen-bond acceptors (Lipinski definition) is 12. The molecular formula is C53H54N2O7S3. The van der Waals surface area contributed by atoms with Crippen LogP contribution in [0.2, 0.25) is 0 Å². The summed E-state index contributed by atoms with van der Waals surface area (Å²) in [6.07, 6.45) is 17.9. The summed E-state index contributed by atoms with van der Waals surface area (Å²) in [4.78, 5) is 47.2. The monoisotopic (exact) mass is 926 g/mol. The number of esters is 3. The Kier molecular flexibility index (Phi) is 14.0. The molecule has 4 aromatic rings. The van der Waals surface area contributed by atoms with Crippen molar-refractivity contribution in [2.24, 2.45) is 17.3 Å². The van der Waals surface area contributed by atoms with Crippen molar-refractivity contribution in [1.82, 2.24) is 9.97 Å². The van der Waals surface area contributed by atoms with E-state index in [-0.39, 0.29) is 51.4 Å². The van der Waals surface area contributed by atoms with Gasteiger partial charge in [-0.25, -0.2) is 14.4 Å². The topological polar surface area (TPSA) is 114 Å². The van der Waals surface area contributed by atoms with E-state index in [0.29, 0.717) is 34.3 Å². The second-order valence-corrected chi connectivity index (χ2v) is 21.9. The molecule has 4 bridgehead atoms. The number of pyridine rings is 2. The van der Waals surface area contributed by atoms with Crippen LogP contribution < -0.4 is 0 Å². The third-order valence-electron chi connectivity index (χ3n) is 12.6. The molecule has 0 N–H and O–H groups in total.